The number of unbranched alkanes of at least 4 members (excludes halogenated alkanes) is 2. The molecule has 0 saturated heterocycles. The van der Waals surface area contributed by atoms with Gasteiger partial charge in [-0.15, -0.1) is 0 Å². The molecule has 84 valence electrons. The molecule has 0 radical (unpaired) electrons. The lowest BCUT2D eigenvalue weighted by atomic mass is 10.2. The molecule has 1 rings (SSSR count). The molecule has 0 aliphatic carbocycles. The molecule has 3 nitrogen and oxygen atoms in total. The van der Waals surface area contributed by atoms with Gasteiger partial charge in [0.25, 0.3) is 0 Å². The fourth-order valence-electron chi connectivity index (χ4n) is 1.53. The Bertz CT molecular complexity index is 289. The van der Waals surface area contributed by atoms with Crippen LogP contribution < -0.4 is 10.6 Å². The number of anilines is 2. The highest BCUT2D eigenvalue weighted by molar-refractivity contribution is 5.55. The molecule has 1 aromatic carbocycles. The number of benzene rings is 1. The summed E-state index contributed by atoms with van der Waals surface area (Å²) in [5.74, 6) is 0. The Morgan fingerprint density at radius 3 is 2.73 bits per heavy atom. The van der Waals surface area contributed by atoms with Gasteiger partial charge in [-0.05, 0) is 37.5 Å². The summed E-state index contributed by atoms with van der Waals surface area (Å²) < 4.78 is 0. The fourth-order valence-corrected chi connectivity index (χ4v) is 1.53. The Hall–Kier alpha value is -1.22. The molecule has 0 amide bonds. The Morgan fingerprint density at radius 2 is 2.07 bits per heavy atom. The zero-order chi connectivity index (χ0) is 11.1. The van der Waals surface area contributed by atoms with Crippen LogP contribution in [0, 0.1) is 0 Å². The van der Waals surface area contributed by atoms with E-state index in [4.69, 9.17) is 10.8 Å². The smallest absolute Gasteiger partial charge is 0.0431 e. The fraction of sp³-hybridized carbons (Fsp3) is 0.500. The number of nitrogens with two attached hydrogens (primary N) is 1. The van der Waals surface area contributed by atoms with Crippen molar-refractivity contribution in [1.29, 1.82) is 0 Å². The number of rotatable bonds is 6. The summed E-state index contributed by atoms with van der Waals surface area (Å²) in [5.41, 5.74) is 7.67. The van der Waals surface area contributed by atoms with Crippen molar-refractivity contribution in [3.8, 4) is 0 Å². The van der Waals surface area contributed by atoms with Crippen LogP contribution in [0.4, 0.5) is 11.4 Å². The highest BCUT2D eigenvalue weighted by Crippen LogP contribution is 2.16. The molecule has 0 atom stereocenters. The average molecular weight is 208 g/mol. The van der Waals surface area contributed by atoms with Gasteiger partial charge in [0.05, 0.1) is 0 Å². The number of aliphatic hydroxyl groups is 1. The normalized spacial score (nSPS) is 10.3. The summed E-state index contributed by atoms with van der Waals surface area (Å²) in [6.07, 6.45) is 3.07. The van der Waals surface area contributed by atoms with Crippen molar-refractivity contribution in [2.24, 2.45) is 0 Å². The van der Waals surface area contributed by atoms with Crippen molar-refractivity contribution >= 4 is 11.4 Å². The number of nitrogens with zero attached hydrogens (tertiary/aromatic N) is 1. The first kappa shape index (κ1) is 11.9. The summed E-state index contributed by atoms with van der Waals surface area (Å²) in [7, 11) is 2.06. The molecule has 15 heavy (non-hydrogen) atoms. The van der Waals surface area contributed by atoms with E-state index in [1.807, 2.05) is 18.2 Å². The van der Waals surface area contributed by atoms with E-state index in [-0.39, 0.29) is 0 Å². The molecule has 3 heteroatoms. The zero-order valence-electron chi connectivity index (χ0n) is 9.32. The van der Waals surface area contributed by atoms with E-state index in [9.17, 15) is 0 Å². The monoisotopic (exact) mass is 208 g/mol. The first-order valence-electron chi connectivity index (χ1n) is 5.41. The van der Waals surface area contributed by atoms with Crippen LogP contribution in [-0.2, 0) is 0 Å². The molecule has 0 unspecified atom stereocenters. The van der Waals surface area contributed by atoms with Crippen molar-refractivity contribution in [2.45, 2.75) is 19.3 Å². The second-order valence-corrected chi connectivity index (χ2v) is 3.80. The molecule has 0 heterocycles. The molecule has 1 aromatic rings. The highest BCUT2D eigenvalue weighted by Gasteiger charge is 2.00. The van der Waals surface area contributed by atoms with Gasteiger partial charge in [0.2, 0.25) is 0 Å². The lowest BCUT2D eigenvalue weighted by Crippen LogP contribution is -2.18. The van der Waals surface area contributed by atoms with Crippen LogP contribution in [0.25, 0.3) is 0 Å². The third-order valence-electron chi connectivity index (χ3n) is 2.46. The van der Waals surface area contributed by atoms with Crippen LogP contribution >= 0.6 is 0 Å². The van der Waals surface area contributed by atoms with E-state index < -0.39 is 0 Å². The summed E-state index contributed by atoms with van der Waals surface area (Å²) in [4.78, 5) is 2.19. The van der Waals surface area contributed by atoms with Crippen molar-refractivity contribution in [3.05, 3.63) is 24.3 Å². The Kier molecular flexibility index (Phi) is 4.98. The molecule has 0 saturated carbocycles. The predicted octanol–water partition coefficient (Wildman–Crippen LogP) is 1.87. The van der Waals surface area contributed by atoms with Gasteiger partial charge in [0, 0.05) is 31.6 Å². The van der Waals surface area contributed by atoms with Gasteiger partial charge in [0.1, 0.15) is 0 Å². The molecule has 0 bridgehead atoms. The summed E-state index contributed by atoms with van der Waals surface area (Å²) in [6.45, 7) is 1.30. The molecular formula is C12H20N2O. The second-order valence-electron chi connectivity index (χ2n) is 3.80. The largest absolute Gasteiger partial charge is 0.399 e. The van der Waals surface area contributed by atoms with Crippen LogP contribution in [0.5, 0.6) is 0 Å². The minimum atomic E-state index is 0.294. The minimum absolute atomic E-state index is 0.294. The Morgan fingerprint density at radius 1 is 1.27 bits per heavy atom. The van der Waals surface area contributed by atoms with E-state index in [0.29, 0.717) is 6.61 Å². The van der Waals surface area contributed by atoms with Crippen LogP contribution in [0.2, 0.25) is 0 Å². The van der Waals surface area contributed by atoms with E-state index in [1.54, 1.807) is 0 Å². The first-order chi connectivity index (χ1) is 7.24. The van der Waals surface area contributed by atoms with Crippen molar-refractivity contribution in [2.75, 3.05) is 30.8 Å². The third-order valence-corrected chi connectivity index (χ3v) is 2.46. The van der Waals surface area contributed by atoms with E-state index in [1.165, 1.54) is 0 Å². The van der Waals surface area contributed by atoms with Gasteiger partial charge < -0.3 is 15.7 Å². The van der Waals surface area contributed by atoms with Gasteiger partial charge in [-0.3, -0.25) is 0 Å². The van der Waals surface area contributed by atoms with E-state index in [0.717, 1.165) is 37.2 Å². The summed E-state index contributed by atoms with van der Waals surface area (Å²) in [6, 6.07) is 7.90. The van der Waals surface area contributed by atoms with Crippen molar-refractivity contribution in [1.82, 2.24) is 0 Å². The van der Waals surface area contributed by atoms with Gasteiger partial charge >= 0.3 is 0 Å². The third kappa shape index (κ3) is 4.21. The highest BCUT2D eigenvalue weighted by atomic mass is 16.2. The van der Waals surface area contributed by atoms with E-state index in [2.05, 4.69) is 18.0 Å². The lowest BCUT2D eigenvalue weighted by Gasteiger charge is -2.19. The molecule has 0 aromatic heterocycles. The molecular weight excluding hydrogens is 188 g/mol. The maximum absolute atomic E-state index is 8.65. The number of aliphatic hydroxyl groups excluding tert-OH is 1. The summed E-state index contributed by atoms with van der Waals surface area (Å²) >= 11 is 0. The molecule has 3 N–H and O–H groups in total. The quantitative estimate of drug-likeness (QED) is 0.554. The molecule has 0 spiro atoms. The zero-order valence-corrected chi connectivity index (χ0v) is 9.32. The standard InChI is InChI=1S/C12H20N2O/c1-14(8-3-2-4-9-15)12-7-5-6-11(13)10-12/h5-7,10,15H,2-4,8-9,13H2,1H3. The molecule has 0 fully saturated rings. The van der Waals surface area contributed by atoms with Gasteiger partial charge in [0.15, 0.2) is 0 Å². The van der Waals surface area contributed by atoms with Gasteiger partial charge in [-0.25, -0.2) is 0 Å². The summed E-state index contributed by atoms with van der Waals surface area (Å²) in [5, 5.41) is 8.65. The predicted molar refractivity (Wildman–Crippen MR) is 65.1 cm³/mol. The number of nitrogen functional groups attached to an aromatic ring is 1. The lowest BCUT2D eigenvalue weighted by molar-refractivity contribution is 0.283. The molecule has 0 aliphatic heterocycles. The Labute approximate surface area is 91.5 Å². The molecule has 0 aliphatic rings. The minimum Gasteiger partial charge on any atom is -0.399 e. The number of hydrogen-bond donors (Lipinski definition) is 2. The van der Waals surface area contributed by atoms with Crippen LogP contribution in [-0.4, -0.2) is 25.3 Å². The van der Waals surface area contributed by atoms with Gasteiger partial charge in [-0.2, -0.15) is 0 Å². The van der Waals surface area contributed by atoms with Crippen LogP contribution in [0.15, 0.2) is 24.3 Å². The second kappa shape index (κ2) is 6.30. The van der Waals surface area contributed by atoms with Gasteiger partial charge in [-0.1, -0.05) is 6.07 Å². The SMILES string of the molecule is CN(CCCCCO)c1cccc(N)c1. The van der Waals surface area contributed by atoms with Crippen LogP contribution in [0.3, 0.4) is 0 Å². The van der Waals surface area contributed by atoms with Crippen LogP contribution in [0.1, 0.15) is 19.3 Å². The van der Waals surface area contributed by atoms with Crippen molar-refractivity contribution in [3.63, 3.8) is 0 Å². The Balaban J connectivity index is 2.36. The topological polar surface area (TPSA) is 49.5 Å². The van der Waals surface area contributed by atoms with E-state index >= 15 is 0 Å². The maximum Gasteiger partial charge on any atom is 0.0431 e. The first-order valence-corrected chi connectivity index (χ1v) is 5.41. The number of hydrogen-bond acceptors (Lipinski definition) is 3. The maximum atomic E-state index is 8.65. The van der Waals surface area contributed by atoms with Crippen molar-refractivity contribution < 1.29 is 5.11 Å². The average Bonchev–Trinajstić information content (AvgIpc) is 2.24.